The molecule has 1 heterocycles. The zero-order valence-electron chi connectivity index (χ0n) is 10.3. The van der Waals surface area contributed by atoms with Gasteiger partial charge in [0.15, 0.2) is 0 Å². The third kappa shape index (κ3) is 3.34. The lowest BCUT2D eigenvalue weighted by molar-refractivity contribution is 0.306. The summed E-state index contributed by atoms with van der Waals surface area (Å²) in [4.78, 5) is 0. The van der Waals surface area contributed by atoms with Crippen molar-refractivity contribution < 1.29 is 4.74 Å². The third-order valence-corrected chi connectivity index (χ3v) is 3.81. The molecule has 3 rings (SSSR count). The van der Waals surface area contributed by atoms with Gasteiger partial charge in [0.2, 0.25) is 0 Å². The van der Waals surface area contributed by atoms with Crippen LogP contribution in [0.4, 0.5) is 0 Å². The molecule has 1 fully saturated rings. The van der Waals surface area contributed by atoms with Crippen LogP contribution in [0.1, 0.15) is 24.0 Å². The zero-order chi connectivity index (χ0) is 12.2. The van der Waals surface area contributed by atoms with Crippen molar-refractivity contribution in [1.82, 2.24) is 5.32 Å². The summed E-state index contributed by atoms with van der Waals surface area (Å²) in [5.41, 5.74) is 2.56. The Bertz CT molecular complexity index is 474. The first-order valence-electron chi connectivity index (χ1n) is 6.36. The van der Waals surface area contributed by atoms with Crippen molar-refractivity contribution >= 4 is 11.3 Å². The van der Waals surface area contributed by atoms with E-state index in [0.717, 1.165) is 18.3 Å². The van der Waals surface area contributed by atoms with Crippen molar-refractivity contribution in [3.8, 4) is 5.75 Å². The minimum Gasteiger partial charge on any atom is -0.489 e. The SMILES string of the molecule is c1cc(COc2ccc(CNC3CC3)cc2)cs1. The number of benzene rings is 1. The van der Waals surface area contributed by atoms with Crippen molar-refractivity contribution in [2.24, 2.45) is 0 Å². The van der Waals surface area contributed by atoms with Crippen LogP contribution < -0.4 is 10.1 Å². The van der Waals surface area contributed by atoms with E-state index in [1.54, 1.807) is 11.3 Å². The maximum atomic E-state index is 5.73. The Morgan fingerprint density at radius 1 is 1.11 bits per heavy atom. The maximum Gasteiger partial charge on any atom is 0.119 e. The second-order valence-electron chi connectivity index (χ2n) is 4.72. The van der Waals surface area contributed by atoms with Gasteiger partial charge in [-0.1, -0.05) is 12.1 Å². The Morgan fingerprint density at radius 2 is 1.94 bits per heavy atom. The van der Waals surface area contributed by atoms with Gasteiger partial charge in [-0.3, -0.25) is 0 Å². The van der Waals surface area contributed by atoms with Gasteiger partial charge in [0.25, 0.3) is 0 Å². The number of nitrogens with one attached hydrogen (secondary N) is 1. The molecule has 0 radical (unpaired) electrons. The van der Waals surface area contributed by atoms with E-state index in [9.17, 15) is 0 Å². The first-order chi connectivity index (χ1) is 8.90. The molecule has 2 aromatic rings. The van der Waals surface area contributed by atoms with Gasteiger partial charge < -0.3 is 10.1 Å². The highest BCUT2D eigenvalue weighted by Crippen LogP contribution is 2.20. The molecule has 3 heteroatoms. The monoisotopic (exact) mass is 259 g/mol. The standard InChI is InChI=1S/C15H17NOS/c1-5-15(17-10-13-7-8-18-11-13)6-2-12(1)9-16-14-3-4-14/h1-2,5-8,11,14,16H,3-4,9-10H2. The second-order valence-corrected chi connectivity index (χ2v) is 5.50. The largest absolute Gasteiger partial charge is 0.489 e. The first kappa shape index (κ1) is 11.8. The van der Waals surface area contributed by atoms with E-state index in [0.29, 0.717) is 6.61 Å². The molecule has 18 heavy (non-hydrogen) atoms. The number of ether oxygens (including phenoxy) is 1. The molecule has 0 atom stereocenters. The smallest absolute Gasteiger partial charge is 0.119 e. The van der Waals surface area contributed by atoms with Crippen LogP contribution in [-0.4, -0.2) is 6.04 Å². The third-order valence-electron chi connectivity index (χ3n) is 3.08. The topological polar surface area (TPSA) is 21.3 Å². The number of hydrogen-bond acceptors (Lipinski definition) is 3. The van der Waals surface area contributed by atoms with E-state index in [1.165, 1.54) is 24.0 Å². The Labute approximate surface area is 112 Å². The summed E-state index contributed by atoms with van der Waals surface area (Å²) in [6.07, 6.45) is 2.67. The number of thiophene rings is 1. The van der Waals surface area contributed by atoms with Crippen LogP contribution in [0.5, 0.6) is 5.75 Å². The van der Waals surface area contributed by atoms with Crippen molar-refractivity contribution in [2.75, 3.05) is 0 Å². The summed E-state index contributed by atoms with van der Waals surface area (Å²) in [5, 5.41) is 7.70. The molecule has 1 N–H and O–H groups in total. The van der Waals surface area contributed by atoms with Crippen LogP contribution in [0.15, 0.2) is 41.1 Å². The fraction of sp³-hybridized carbons (Fsp3) is 0.333. The highest BCUT2D eigenvalue weighted by Gasteiger charge is 2.19. The number of hydrogen-bond donors (Lipinski definition) is 1. The molecule has 2 nitrogen and oxygen atoms in total. The average Bonchev–Trinajstić information content (AvgIpc) is 3.09. The molecule has 0 amide bonds. The van der Waals surface area contributed by atoms with Gasteiger partial charge in [0.05, 0.1) is 0 Å². The summed E-state index contributed by atoms with van der Waals surface area (Å²) >= 11 is 1.70. The summed E-state index contributed by atoms with van der Waals surface area (Å²) in [7, 11) is 0. The van der Waals surface area contributed by atoms with Gasteiger partial charge in [-0.15, -0.1) is 0 Å². The molecule has 1 aromatic heterocycles. The molecular formula is C15H17NOS. The van der Waals surface area contributed by atoms with E-state index in [4.69, 9.17) is 4.74 Å². The Morgan fingerprint density at radius 3 is 2.61 bits per heavy atom. The Kier molecular flexibility index (Phi) is 3.62. The summed E-state index contributed by atoms with van der Waals surface area (Å²) in [6.45, 7) is 1.62. The zero-order valence-corrected chi connectivity index (χ0v) is 11.1. The normalized spacial score (nSPS) is 14.7. The molecule has 0 spiro atoms. The van der Waals surface area contributed by atoms with E-state index >= 15 is 0 Å². The summed E-state index contributed by atoms with van der Waals surface area (Å²) in [5.74, 6) is 0.941. The highest BCUT2D eigenvalue weighted by molar-refractivity contribution is 7.07. The lowest BCUT2D eigenvalue weighted by Crippen LogP contribution is -2.15. The van der Waals surface area contributed by atoms with E-state index in [2.05, 4.69) is 46.4 Å². The highest BCUT2D eigenvalue weighted by atomic mass is 32.1. The van der Waals surface area contributed by atoms with Crippen LogP contribution in [0.2, 0.25) is 0 Å². The molecule has 0 bridgehead atoms. The molecule has 1 saturated carbocycles. The molecule has 0 unspecified atom stereocenters. The van der Waals surface area contributed by atoms with Gasteiger partial charge in [-0.05, 0) is 52.9 Å². The number of rotatable bonds is 6. The van der Waals surface area contributed by atoms with E-state index in [-0.39, 0.29) is 0 Å². The van der Waals surface area contributed by atoms with Gasteiger partial charge >= 0.3 is 0 Å². The minimum absolute atomic E-state index is 0.656. The van der Waals surface area contributed by atoms with Crippen molar-refractivity contribution in [2.45, 2.75) is 32.0 Å². The van der Waals surface area contributed by atoms with Crippen LogP contribution in [-0.2, 0) is 13.2 Å². The van der Waals surface area contributed by atoms with Crippen LogP contribution in [0, 0.1) is 0 Å². The van der Waals surface area contributed by atoms with Crippen molar-refractivity contribution in [3.63, 3.8) is 0 Å². The second kappa shape index (κ2) is 5.55. The lowest BCUT2D eigenvalue weighted by Gasteiger charge is -2.07. The van der Waals surface area contributed by atoms with Crippen molar-refractivity contribution in [1.29, 1.82) is 0 Å². The molecular weight excluding hydrogens is 242 g/mol. The average molecular weight is 259 g/mol. The van der Waals surface area contributed by atoms with E-state index in [1.807, 2.05) is 0 Å². The van der Waals surface area contributed by atoms with Gasteiger partial charge in [0, 0.05) is 12.6 Å². The fourth-order valence-electron chi connectivity index (χ4n) is 1.79. The Hall–Kier alpha value is -1.32. The first-order valence-corrected chi connectivity index (χ1v) is 7.30. The minimum atomic E-state index is 0.656. The maximum absolute atomic E-state index is 5.73. The van der Waals surface area contributed by atoms with Crippen LogP contribution in [0.25, 0.3) is 0 Å². The molecule has 1 aliphatic rings. The molecule has 94 valence electrons. The van der Waals surface area contributed by atoms with Gasteiger partial charge in [-0.2, -0.15) is 11.3 Å². The predicted molar refractivity (Wildman–Crippen MR) is 75.0 cm³/mol. The molecule has 1 aliphatic carbocycles. The predicted octanol–water partition coefficient (Wildman–Crippen LogP) is 3.58. The van der Waals surface area contributed by atoms with E-state index < -0.39 is 0 Å². The van der Waals surface area contributed by atoms with Crippen LogP contribution >= 0.6 is 11.3 Å². The van der Waals surface area contributed by atoms with Crippen molar-refractivity contribution in [3.05, 3.63) is 52.2 Å². The fourth-order valence-corrected chi connectivity index (χ4v) is 2.45. The summed E-state index contributed by atoms with van der Waals surface area (Å²) in [6, 6.07) is 11.2. The van der Waals surface area contributed by atoms with Crippen LogP contribution in [0.3, 0.4) is 0 Å². The quantitative estimate of drug-likeness (QED) is 0.856. The summed E-state index contributed by atoms with van der Waals surface area (Å²) < 4.78 is 5.73. The lowest BCUT2D eigenvalue weighted by atomic mass is 10.2. The molecule has 1 aromatic carbocycles. The van der Waals surface area contributed by atoms with Gasteiger partial charge in [0.1, 0.15) is 12.4 Å². The Balaban J connectivity index is 1.50. The molecule has 0 saturated heterocycles. The molecule has 0 aliphatic heterocycles. The van der Waals surface area contributed by atoms with Gasteiger partial charge in [-0.25, -0.2) is 0 Å².